The van der Waals surface area contributed by atoms with Crippen molar-refractivity contribution in [1.29, 1.82) is 0 Å². The highest BCUT2D eigenvalue weighted by Gasteiger charge is 2.16. The molecule has 2 aromatic carbocycles. The molecule has 0 spiro atoms. The Hall–Kier alpha value is -1.60. The van der Waals surface area contributed by atoms with E-state index in [9.17, 15) is 0 Å². The van der Waals surface area contributed by atoms with Crippen molar-refractivity contribution in [2.24, 2.45) is 0 Å². The average molecular weight is 279 g/mol. The van der Waals surface area contributed by atoms with Gasteiger partial charge in [-0.05, 0) is 61.4 Å². The minimum atomic E-state index is 0.308. The second-order valence-corrected chi connectivity index (χ2v) is 6.14. The summed E-state index contributed by atoms with van der Waals surface area (Å²) < 4.78 is 0. The Morgan fingerprint density at radius 2 is 1.57 bits per heavy atom. The van der Waals surface area contributed by atoms with Gasteiger partial charge in [0.05, 0.1) is 6.04 Å². The van der Waals surface area contributed by atoms with Crippen LogP contribution in [0.3, 0.4) is 0 Å². The summed E-state index contributed by atoms with van der Waals surface area (Å²) in [6.45, 7) is 5.31. The molecule has 0 aromatic heterocycles. The van der Waals surface area contributed by atoms with Gasteiger partial charge in [0, 0.05) is 0 Å². The summed E-state index contributed by atoms with van der Waals surface area (Å²) in [5.74, 6) is 0. The molecule has 1 atom stereocenters. The smallest absolute Gasteiger partial charge is 0.0576 e. The lowest BCUT2D eigenvalue weighted by atomic mass is 9.88. The molecule has 0 amide bonds. The van der Waals surface area contributed by atoms with Gasteiger partial charge in [-0.15, -0.1) is 0 Å². The Morgan fingerprint density at radius 1 is 0.905 bits per heavy atom. The fraction of sp³-hybridized carbons (Fsp3) is 0.400. The molecule has 0 heterocycles. The van der Waals surface area contributed by atoms with E-state index in [0.29, 0.717) is 6.04 Å². The van der Waals surface area contributed by atoms with Crippen molar-refractivity contribution >= 4 is 0 Å². The van der Waals surface area contributed by atoms with Gasteiger partial charge >= 0.3 is 0 Å². The van der Waals surface area contributed by atoms with Crippen LogP contribution in [0.1, 0.15) is 53.6 Å². The Kier molecular flexibility index (Phi) is 4.40. The Balaban J connectivity index is 1.95. The molecule has 0 bridgehead atoms. The third kappa shape index (κ3) is 3.19. The topological polar surface area (TPSA) is 12.0 Å². The first kappa shape index (κ1) is 14.3. The normalized spacial score (nSPS) is 15.5. The van der Waals surface area contributed by atoms with Crippen molar-refractivity contribution in [3.05, 3.63) is 70.3 Å². The molecular weight excluding hydrogens is 254 g/mol. The van der Waals surface area contributed by atoms with Crippen LogP contribution in [0.5, 0.6) is 0 Å². The first-order chi connectivity index (χ1) is 10.3. The van der Waals surface area contributed by atoms with Crippen molar-refractivity contribution in [2.75, 3.05) is 6.54 Å². The zero-order chi connectivity index (χ0) is 14.7. The Morgan fingerprint density at radius 3 is 2.29 bits per heavy atom. The second kappa shape index (κ2) is 6.44. The van der Waals surface area contributed by atoms with Crippen LogP contribution in [0, 0.1) is 6.92 Å². The number of benzene rings is 2. The molecule has 1 nitrogen and oxygen atoms in total. The van der Waals surface area contributed by atoms with Gasteiger partial charge in [0.2, 0.25) is 0 Å². The highest BCUT2D eigenvalue weighted by Crippen LogP contribution is 2.28. The average Bonchev–Trinajstić information content (AvgIpc) is 2.53. The third-order valence-corrected chi connectivity index (χ3v) is 4.52. The molecule has 1 N–H and O–H groups in total. The first-order valence-electron chi connectivity index (χ1n) is 8.19. The molecule has 1 aliphatic carbocycles. The van der Waals surface area contributed by atoms with E-state index in [-0.39, 0.29) is 0 Å². The molecule has 21 heavy (non-hydrogen) atoms. The number of hydrogen-bond acceptors (Lipinski definition) is 1. The van der Waals surface area contributed by atoms with E-state index in [2.05, 4.69) is 61.6 Å². The Bertz CT molecular complexity index is 598. The largest absolute Gasteiger partial charge is 0.307 e. The highest BCUT2D eigenvalue weighted by atomic mass is 14.9. The van der Waals surface area contributed by atoms with E-state index in [0.717, 1.165) is 6.54 Å². The zero-order valence-electron chi connectivity index (χ0n) is 13.2. The van der Waals surface area contributed by atoms with Gasteiger partial charge in [-0.3, -0.25) is 0 Å². The lowest BCUT2D eigenvalue weighted by Crippen LogP contribution is -2.22. The van der Waals surface area contributed by atoms with Gasteiger partial charge in [-0.2, -0.15) is 0 Å². The maximum Gasteiger partial charge on any atom is 0.0576 e. The molecule has 1 heteroatoms. The molecule has 3 rings (SSSR count). The molecular formula is C20H25N. The molecule has 0 saturated carbocycles. The molecule has 0 saturated heterocycles. The van der Waals surface area contributed by atoms with E-state index < -0.39 is 0 Å². The van der Waals surface area contributed by atoms with Crippen LogP contribution in [0.2, 0.25) is 0 Å². The van der Waals surface area contributed by atoms with Crippen molar-refractivity contribution in [3.63, 3.8) is 0 Å². The monoisotopic (exact) mass is 279 g/mol. The van der Waals surface area contributed by atoms with Crippen LogP contribution in [0.15, 0.2) is 42.5 Å². The van der Waals surface area contributed by atoms with E-state index in [1.165, 1.54) is 42.4 Å². The molecule has 0 fully saturated rings. The van der Waals surface area contributed by atoms with Crippen molar-refractivity contribution in [1.82, 2.24) is 5.32 Å². The fourth-order valence-electron chi connectivity index (χ4n) is 3.32. The maximum absolute atomic E-state index is 3.64. The predicted octanol–water partition coefficient (Wildman–Crippen LogP) is 4.57. The van der Waals surface area contributed by atoms with Crippen LogP contribution in [-0.2, 0) is 12.8 Å². The Labute approximate surface area is 128 Å². The van der Waals surface area contributed by atoms with Gasteiger partial charge < -0.3 is 5.32 Å². The van der Waals surface area contributed by atoms with E-state index >= 15 is 0 Å². The van der Waals surface area contributed by atoms with E-state index in [4.69, 9.17) is 0 Å². The van der Waals surface area contributed by atoms with Crippen LogP contribution in [-0.4, -0.2) is 6.54 Å². The van der Waals surface area contributed by atoms with Crippen LogP contribution in [0.4, 0.5) is 0 Å². The summed E-state index contributed by atoms with van der Waals surface area (Å²) >= 11 is 0. The molecule has 1 unspecified atom stereocenters. The minimum absolute atomic E-state index is 0.308. The van der Waals surface area contributed by atoms with Crippen molar-refractivity contribution < 1.29 is 0 Å². The summed E-state index contributed by atoms with van der Waals surface area (Å²) in [5, 5.41) is 3.64. The molecule has 1 aliphatic rings. The van der Waals surface area contributed by atoms with Crippen LogP contribution >= 0.6 is 0 Å². The zero-order valence-corrected chi connectivity index (χ0v) is 13.2. The lowest BCUT2D eigenvalue weighted by Gasteiger charge is -2.23. The second-order valence-electron chi connectivity index (χ2n) is 6.14. The summed E-state index contributed by atoms with van der Waals surface area (Å²) in [6.07, 6.45) is 5.19. The fourth-order valence-corrected chi connectivity index (χ4v) is 3.32. The van der Waals surface area contributed by atoms with Crippen LogP contribution in [0.25, 0.3) is 0 Å². The number of nitrogens with one attached hydrogen (secondary N) is 1. The standard InChI is InChI=1S/C20H25N/c1-3-21-20(17-10-8-15(2)9-11-17)19-13-12-16-6-4-5-7-18(16)14-19/h8-14,20-21H,3-7H2,1-2H3. The minimum Gasteiger partial charge on any atom is -0.307 e. The van der Waals surface area contributed by atoms with Gasteiger partial charge in [-0.1, -0.05) is 55.0 Å². The van der Waals surface area contributed by atoms with Gasteiger partial charge in [0.25, 0.3) is 0 Å². The summed E-state index contributed by atoms with van der Waals surface area (Å²) in [4.78, 5) is 0. The van der Waals surface area contributed by atoms with E-state index in [1.807, 2.05) is 0 Å². The molecule has 2 aromatic rings. The van der Waals surface area contributed by atoms with Gasteiger partial charge in [0.1, 0.15) is 0 Å². The molecule has 110 valence electrons. The number of fused-ring (bicyclic) bond motifs is 1. The third-order valence-electron chi connectivity index (χ3n) is 4.52. The summed E-state index contributed by atoms with van der Waals surface area (Å²) in [5.41, 5.74) is 7.21. The number of aryl methyl sites for hydroxylation is 3. The maximum atomic E-state index is 3.64. The number of hydrogen-bond donors (Lipinski definition) is 1. The van der Waals surface area contributed by atoms with E-state index in [1.54, 1.807) is 11.1 Å². The van der Waals surface area contributed by atoms with Crippen molar-refractivity contribution in [3.8, 4) is 0 Å². The quantitative estimate of drug-likeness (QED) is 0.864. The molecule has 0 aliphatic heterocycles. The lowest BCUT2D eigenvalue weighted by molar-refractivity contribution is 0.625. The predicted molar refractivity (Wildman–Crippen MR) is 89.8 cm³/mol. The summed E-state index contributed by atoms with van der Waals surface area (Å²) in [7, 11) is 0. The van der Waals surface area contributed by atoms with Gasteiger partial charge in [-0.25, -0.2) is 0 Å². The van der Waals surface area contributed by atoms with Gasteiger partial charge in [0.15, 0.2) is 0 Å². The van der Waals surface area contributed by atoms with Crippen LogP contribution < -0.4 is 5.32 Å². The highest BCUT2D eigenvalue weighted by molar-refractivity contribution is 5.39. The number of rotatable bonds is 4. The van der Waals surface area contributed by atoms with Crippen molar-refractivity contribution in [2.45, 2.75) is 45.6 Å². The summed E-state index contributed by atoms with van der Waals surface area (Å²) in [6, 6.07) is 16.3. The SMILES string of the molecule is CCNC(c1ccc(C)cc1)c1ccc2c(c1)CCCC2. The molecule has 0 radical (unpaired) electrons. The first-order valence-corrected chi connectivity index (χ1v) is 8.19.